The number of hydrogen-bond donors (Lipinski definition) is 0. The Bertz CT molecular complexity index is 2090. The maximum Gasteiger partial charge on any atom is 0.338 e. The quantitative estimate of drug-likeness (QED) is 0.183. The SMILES string of the molecule is CCOC(=O)C1=C(c2ccccc2)N=c2s/c(=C\c3cc(Cl)ccc3OCc3ccc(F)cc3)c(=O)n2[C@H]1c1ccc(F)cc1. The molecule has 1 aliphatic heterocycles. The van der Waals surface area contributed by atoms with E-state index in [-0.39, 0.29) is 24.6 Å². The molecule has 0 N–H and O–H groups in total. The Labute approximate surface area is 265 Å². The first-order valence-electron chi connectivity index (χ1n) is 14.0. The summed E-state index contributed by atoms with van der Waals surface area (Å²) in [6.07, 6.45) is 1.66. The van der Waals surface area contributed by atoms with Gasteiger partial charge in [-0.1, -0.05) is 77.5 Å². The summed E-state index contributed by atoms with van der Waals surface area (Å²) in [6.45, 7) is 1.97. The van der Waals surface area contributed by atoms with Gasteiger partial charge in [-0.25, -0.2) is 18.6 Å². The van der Waals surface area contributed by atoms with Crippen molar-refractivity contribution < 1.29 is 23.0 Å². The molecular weight excluding hydrogens is 618 g/mol. The zero-order valence-electron chi connectivity index (χ0n) is 23.9. The van der Waals surface area contributed by atoms with Crippen LogP contribution in [0.1, 0.15) is 35.2 Å². The number of halogens is 3. The van der Waals surface area contributed by atoms with Crippen molar-refractivity contribution in [2.45, 2.75) is 19.6 Å². The summed E-state index contributed by atoms with van der Waals surface area (Å²) in [5.74, 6) is -0.969. The highest BCUT2D eigenvalue weighted by Gasteiger charge is 2.35. The highest BCUT2D eigenvalue weighted by Crippen LogP contribution is 2.35. The van der Waals surface area contributed by atoms with Crippen molar-refractivity contribution in [2.24, 2.45) is 4.99 Å². The van der Waals surface area contributed by atoms with E-state index in [4.69, 9.17) is 26.1 Å². The van der Waals surface area contributed by atoms with Gasteiger partial charge in [0.2, 0.25) is 0 Å². The number of thiazole rings is 1. The number of aromatic nitrogens is 1. The van der Waals surface area contributed by atoms with Crippen LogP contribution in [0.15, 0.2) is 112 Å². The third-order valence-corrected chi connectivity index (χ3v) is 8.34. The zero-order valence-corrected chi connectivity index (χ0v) is 25.4. The van der Waals surface area contributed by atoms with Crippen LogP contribution in [0.25, 0.3) is 11.8 Å². The number of nitrogens with zero attached hydrogens (tertiary/aromatic N) is 2. The molecule has 2 heterocycles. The lowest BCUT2D eigenvalue weighted by molar-refractivity contribution is -0.138. The average molecular weight is 643 g/mol. The Kier molecular flexibility index (Phi) is 8.73. The van der Waals surface area contributed by atoms with Gasteiger partial charge in [-0.2, -0.15) is 0 Å². The predicted octanol–water partition coefficient (Wildman–Crippen LogP) is 6.45. The van der Waals surface area contributed by atoms with Crippen LogP contribution in [0, 0.1) is 11.6 Å². The largest absolute Gasteiger partial charge is 0.488 e. The fourth-order valence-corrected chi connectivity index (χ4v) is 6.22. The number of rotatable bonds is 8. The number of carbonyl (C=O) groups is 1. The molecule has 0 aliphatic carbocycles. The molecule has 226 valence electrons. The molecule has 1 aromatic heterocycles. The van der Waals surface area contributed by atoms with E-state index >= 15 is 0 Å². The van der Waals surface area contributed by atoms with Crippen LogP contribution in [0.4, 0.5) is 8.78 Å². The van der Waals surface area contributed by atoms with Crippen LogP contribution < -0.4 is 19.6 Å². The standard InChI is InChI=1S/C35H25ClF2N2O4S/c1-2-43-34(42)30-31(22-6-4-3-5-7-22)39-35-40(32(30)23-10-15-27(38)16-11-23)33(41)29(45-35)19-24-18-25(36)12-17-28(24)44-20-21-8-13-26(37)14-9-21/h3-19,32H,2,20H2,1H3/b29-19-/t32-/m0/s1. The molecule has 1 aliphatic rings. The van der Waals surface area contributed by atoms with Gasteiger partial charge in [0.05, 0.1) is 28.5 Å². The van der Waals surface area contributed by atoms with Gasteiger partial charge in [0.25, 0.3) is 5.56 Å². The van der Waals surface area contributed by atoms with Gasteiger partial charge in [0, 0.05) is 16.1 Å². The summed E-state index contributed by atoms with van der Waals surface area (Å²) < 4.78 is 40.6. The summed E-state index contributed by atoms with van der Waals surface area (Å²) in [7, 11) is 0. The van der Waals surface area contributed by atoms with Crippen molar-refractivity contribution in [2.75, 3.05) is 6.61 Å². The van der Waals surface area contributed by atoms with Gasteiger partial charge in [-0.15, -0.1) is 0 Å². The molecule has 4 aromatic carbocycles. The molecule has 0 amide bonds. The highest BCUT2D eigenvalue weighted by atomic mass is 35.5. The second-order valence-corrected chi connectivity index (χ2v) is 11.5. The third-order valence-electron chi connectivity index (χ3n) is 7.13. The van der Waals surface area contributed by atoms with Crippen molar-refractivity contribution in [3.8, 4) is 5.75 Å². The lowest BCUT2D eigenvalue weighted by atomic mass is 9.93. The Morgan fingerprint density at radius 2 is 1.67 bits per heavy atom. The predicted molar refractivity (Wildman–Crippen MR) is 170 cm³/mol. The van der Waals surface area contributed by atoms with Gasteiger partial charge in [-0.3, -0.25) is 9.36 Å². The number of fused-ring (bicyclic) bond motifs is 1. The van der Waals surface area contributed by atoms with E-state index in [1.807, 2.05) is 30.3 Å². The number of ether oxygens (including phenoxy) is 2. The van der Waals surface area contributed by atoms with E-state index in [1.54, 1.807) is 55.5 Å². The molecule has 0 saturated heterocycles. The van der Waals surface area contributed by atoms with E-state index in [2.05, 4.69) is 0 Å². The van der Waals surface area contributed by atoms with Crippen molar-refractivity contribution >= 4 is 40.7 Å². The first-order chi connectivity index (χ1) is 21.8. The van der Waals surface area contributed by atoms with Crippen LogP contribution >= 0.6 is 22.9 Å². The van der Waals surface area contributed by atoms with Gasteiger partial charge < -0.3 is 9.47 Å². The van der Waals surface area contributed by atoms with Crippen LogP contribution in [0.2, 0.25) is 5.02 Å². The monoisotopic (exact) mass is 642 g/mol. The minimum Gasteiger partial charge on any atom is -0.488 e. The van der Waals surface area contributed by atoms with Crippen molar-refractivity contribution in [3.05, 3.63) is 161 Å². The fourth-order valence-electron chi connectivity index (χ4n) is 5.05. The average Bonchev–Trinajstić information content (AvgIpc) is 3.35. The number of benzene rings is 4. The molecule has 0 fully saturated rings. The second kappa shape index (κ2) is 13.0. The molecule has 1 atom stereocenters. The van der Waals surface area contributed by atoms with Crippen LogP contribution in [0.5, 0.6) is 5.75 Å². The summed E-state index contributed by atoms with van der Waals surface area (Å²) in [4.78, 5) is 32.9. The van der Waals surface area contributed by atoms with Gasteiger partial charge in [0.1, 0.15) is 24.0 Å². The molecule has 0 spiro atoms. The lowest BCUT2D eigenvalue weighted by Gasteiger charge is -2.25. The summed E-state index contributed by atoms with van der Waals surface area (Å²) >= 11 is 7.48. The highest BCUT2D eigenvalue weighted by molar-refractivity contribution is 7.07. The van der Waals surface area contributed by atoms with Gasteiger partial charge in [-0.05, 0) is 66.6 Å². The maximum atomic E-state index is 14.2. The smallest absolute Gasteiger partial charge is 0.338 e. The molecule has 0 unspecified atom stereocenters. The Morgan fingerprint density at radius 1 is 0.978 bits per heavy atom. The van der Waals surface area contributed by atoms with Crippen molar-refractivity contribution in [1.29, 1.82) is 0 Å². The van der Waals surface area contributed by atoms with Crippen molar-refractivity contribution in [3.63, 3.8) is 0 Å². The molecule has 0 radical (unpaired) electrons. The Balaban J connectivity index is 1.53. The molecule has 6 rings (SSSR count). The fraction of sp³-hybridized carbons (Fsp3) is 0.114. The van der Waals surface area contributed by atoms with E-state index in [0.29, 0.717) is 42.5 Å². The molecule has 45 heavy (non-hydrogen) atoms. The van der Waals surface area contributed by atoms with E-state index in [0.717, 1.165) is 16.9 Å². The van der Waals surface area contributed by atoms with Gasteiger partial charge >= 0.3 is 5.97 Å². The number of hydrogen-bond acceptors (Lipinski definition) is 6. The lowest BCUT2D eigenvalue weighted by Crippen LogP contribution is -2.40. The minimum absolute atomic E-state index is 0.112. The Morgan fingerprint density at radius 3 is 2.36 bits per heavy atom. The first-order valence-corrected chi connectivity index (χ1v) is 15.2. The van der Waals surface area contributed by atoms with E-state index < -0.39 is 23.4 Å². The molecule has 10 heteroatoms. The molecule has 0 bridgehead atoms. The second-order valence-electron chi connectivity index (χ2n) is 10.1. The number of carbonyl (C=O) groups excluding carboxylic acids is 1. The molecule has 6 nitrogen and oxygen atoms in total. The van der Waals surface area contributed by atoms with Crippen LogP contribution in [0.3, 0.4) is 0 Å². The molecular formula is C35H25ClF2N2O4S. The summed E-state index contributed by atoms with van der Waals surface area (Å²) in [5.41, 5.74) is 2.60. The summed E-state index contributed by atoms with van der Waals surface area (Å²) in [5, 5.41) is 0.434. The van der Waals surface area contributed by atoms with E-state index in [9.17, 15) is 18.4 Å². The van der Waals surface area contributed by atoms with Crippen LogP contribution in [-0.2, 0) is 16.1 Å². The molecule has 5 aromatic rings. The topological polar surface area (TPSA) is 69.9 Å². The normalized spacial score (nSPS) is 14.6. The van der Waals surface area contributed by atoms with Crippen LogP contribution in [-0.4, -0.2) is 17.1 Å². The van der Waals surface area contributed by atoms with E-state index in [1.165, 1.54) is 28.8 Å². The first kappa shape index (κ1) is 30.2. The van der Waals surface area contributed by atoms with Crippen molar-refractivity contribution in [1.82, 2.24) is 4.57 Å². The summed E-state index contributed by atoms with van der Waals surface area (Å²) in [6, 6.07) is 24.9. The Hall–Kier alpha value is -4.86. The van der Waals surface area contributed by atoms with Gasteiger partial charge in [0.15, 0.2) is 4.80 Å². The zero-order chi connectivity index (χ0) is 31.5. The maximum absolute atomic E-state index is 14.2. The molecule has 0 saturated carbocycles. The third kappa shape index (κ3) is 6.36. The number of esters is 1. The minimum atomic E-state index is -0.938.